The summed E-state index contributed by atoms with van der Waals surface area (Å²) >= 11 is 1.69. The van der Waals surface area contributed by atoms with Gasteiger partial charge in [0.05, 0.1) is 13.2 Å². The van der Waals surface area contributed by atoms with Crippen LogP contribution in [0.25, 0.3) is 11.1 Å². The lowest BCUT2D eigenvalue weighted by atomic mass is 10.0. The number of hydrogen-bond donors (Lipinski definition) is 0. The van der Waals surface area contributed by atoms with Gasteiger partial charge >= 0.3 is 0 Å². The second-order valence-corrected chi connectivity index (χ2v) is 6.67. The summed E-state index contributed by atoms with van der Waals surface area (Å²) in [6, 6.07) is 8.13. The molecule has 1 aliphatic heterocycles. The number of thioether (sulfide) groups is 1. The Hall–Kier alpha value is -1.72. The molecule has 1 aromatic carbocycles. The topological polar surface area (TPSA) is 40.5 Å². The second-order valence-electron chi connectivity index (χ2n) is 5.79. The summed E-state index contributed by atoms with van der Waals surface area (Å²) in [6.45, 7) is 3.23. The Morgan fingerprint density at radius 2 is 2.17 bits per heavy atom. The molecule has 0 saturated carbocycles. The Morgan fingerprint density at radius 3 is 2.83 bits per heavy atom. The molecule has 5 heteroatoms. The van der Waals surface area contributed by atoms with E-state index in [0.29, 0.717) is 6.61 Å². The molecule has 0 bridgehead atoms. The van der Waals surface area contributed by atoms with Crippen molar-refractivity contribution in [2.24, 2.45) is 7.05 Å². The van der Waals surface area contributed by atoms with E-state index in [-0.39, 0.29) is 11.7 Å². The molecule has 0 aliphatic carbocycles. The van der Waals surface area contributed by atoms with E-state index >= 15 is 0 Å². The van der Waals surface area contributed by atoms with Crippen LogP contribution < -0.4 is 10.3 Å². The normalized spacial score (nSPS) is 17.4. The molecule has 122 valence electrons. The SMILES string of the molecule is CSc1ccc(OC2CCOC2)c(-c2cc(C)c(=O)n(C)c2)c1. The lowest BCUT2D eigenvalue weighted by Gasteiger charge is -2.17. The molecule has 23 heavy (non-hydrogen) atoms. The summed E-state index contributed by atoms with van der Waals surface area (Å²) in [4.78, 5) is 13.1. The highest BCUT2D eigenvalue weighted by molar-refractivity contribution is 7.98. The Labute approximate surface area is 140 Å². The average Bonchev–Trinajstić information content (AvgIpc) is 3.05. The Kier molecular flexibility index (Phi) is 4.78. The summed E-state index contributed by atoms with van der Waals surface area (Å²) < 4.78 is 13.2. The van der Waals surface area contributed by atoms with Crippen LogP contribution in [0.1, 0.15) is 12.0 Å². The summed E-state index contributed by atoms with van der Waals surface area (Å²) in [6.07, 6.45) is 4.93. The molecule has 1 atom stereocenters. The molecule has 3 rings (SSSR count). The van der Waals surface area contributed by atoms with E-state index in [4.69, 9.17) is 9.47 Å². The number of nitrogens with zero attached hydrogens (tertiary/aromatic N) is 1. The average molecular weight is 331 g/mol. The highest BCUT2D eigenvalue weighted by Crippen LogP contribution is 2.34. The zero-order chi connectivity index (χ0) is 16.4. The molecule has 1 aromatic heterocycles. The summed E-state index contributed by atoms with van der Waals surface area (Å²) in [7, 11) is 1.78. The van der Waals surface area contributed by atoms with Crippen molar-refractivity contribution >= 4 is 11.8 Å². The van der Waals surface area contributed by atoms with Crippen molar-refractivity contribution in [3.63, 3.8) is 0 Å². The third-order valence-electron chi connectivity index (χ3n) is 4.04. The summed E-state index contributed by atoms with van der Waals surface area (Å²) in [5.74, 6) is 0.844. The first-order valence-corrected chi connectivity index (χ1v) is 8.91. The highest BCUT2D eigenvalue weighted by Gasteiger charge is 2.19. The molecule has 2 heterocycles. The molecule has 0 spiro atoms. The lowest BCUT2D eigenvalue weighted by Crippen LogP contribution is -2.19. The van der Waals surface area contributed by atoms with Gasteiger partial charge in [0.1, 0.15) is 11.9 Å². The molecular weight excluding hydrogens is 310 g/mol. The molecule has 4 nitrogen and oxygen atoms in total. The van der Waals surface area contributed by atoms with Crippen LogP contribution in [0.5, 0.6) is 5.75 Å². The van der Waals surface area contributed by atoms with Gasteiger partial charge in [-0.3, -0.25) is 4.79 Å². The molecule has 1 fully saturated rings. The van der Waals surface area contributed by atoms with Gasteiger partial charge in [-0.2, -0.15) is 0 Å². The van der Waals surface area contributed by atoms with E-state index in [1.165, 1.54) is 4.90 Å². The maximum atomic E-state index is 11.9. The maximum Gasteiger partial charge on any atom is 0.253 e. The Bertz CT molecular complexity index is 737. The van der Waals surface area contributed by atoms with Gasteiger partial charge in [0.25, 0.3) is 5.56 Å². The third-order valence-corrected chi connectivity index (χ3v) is 4.77. The van der Waals surface area contributed by atoms with Crippen LogP contribution in [0.3, 0.4) is 0 Å². The maximum absolute atomic E-state index is 11.9. The molecule has 0 amide bonds. The van der Waals surface area contributed by atoms with Gasteiger partial charge in [-0.25, -0.2) is 0 Å². The van der Waals surface area contributed by atoms with Crippen molar-refractivity contribution in [3.05, 3.63) is 46.4 Å². The van der Waals surface area contributed by atoms with E-state index in [1.54, 1.807) is 23.4 Å². The van der Waals surface area contributed by atoms with E-state index in [2.05, 4.69) is 18.4 Å². The standard InChI is InChI=1S/C18H21NO3S/c1-12-8-13(10-19(2)18(12)20)16-9-15(23-3)4-5-17(16)22-14-6-7-21-11-14/h4-5,8-10,14H,6-7,11H2,1-3H3. The minimum atomic E-state index is 0.0291. The van der Waals surface area contributed by atoms with Crippen molar-refractivity contribution in [2.75, 3.05) is 19.5 Å². The number of aryl methyl sites for hydroxylation is 2. The zero-order valence-corrected chi connectivity index (χ0v) is 14.5. The molecule has 0 radical (unpaired) electrons. The van der Waals surface area contributed by atoms with Crippen LogP contribution in [-0.2, 0) is 11.8 Å². The Morgan fingerprint density at radius 1 is 1.35 bits per heavy atom. The summed E-state index contributed by atoms with van der Waals surface area (Å²) in [5, 5.41) is 0. The van der Waals surface area contributed by atoms with Crippen LogP contribution in [0.2, 0.25) is 0 Å². The number of ether oxygens (including phenoxy) is 2. The highest BCUT2D eigenvalue weighted by atomic mass is 32.2. The Balaban J connectivity index is 2.06. The lowest BCUT2D eigenvalue weighted by molar-refractivity contribution is 0.141. The minimum Gasteiger partial charge on any atom is -0.487 e. The van der Waals surface area contributed by atoms with Gasteiger partial charge in [0.2, 0.25) is 0 Å². The molecule has 1 unspecified atom stereocenters. The molecule has 1 saturated heterocycles. The first-order chi connectivity index (χ1) is 11.1. The first kappa shape index (κ1) is 16.1. The van der Waals surface area contributed by atoms with Crippen molar-refractivity contribution in [3.8, 4) is 16.9 Å². The fourth-order valence-corrected chi connectivity index (χ4v) is 3.21. The third kappa shape index (κ3) is 3.46. The van der Waals surface area contributed by atoms with Gasteiger partial charge in [-0.05, 0) is 37.4 Å². The fraction of sp³-hybridized carbons (Fsp3) is 0.389. The zero-order valence-electron chi connectivity index (χ0n) is 13.7. The number of pyridine rings is 1. The number of rotatable bonds is 4. The first-order valence-electron chi connectivity index (χ1n) is 7.68. The van der Waals surface area contributed by atoms with Crippen molar-refractivity contribution < 1.29 is 9.47 Å². The quantitative estimate of drug-likeness (QED) is 0.807. The smallest absolute Gasteiger partial charge is 0.253 e. The predicted molar refractivity (Wildman–Crippen MR) is 93.5 cm³/mol. The van der Waals surface area contributed by atoms with Gasteiger partial charge in [0.15, 0.2) is 0 Å². The van der Waals surface area contributed by atoms with E-state index < -0.39 is 0 Å². The molecular formula is C18H21NO3S. The van der Waals surface area contributed by atoms with Crippen LogP contribution in [0, 0.1) is 6.92 Å². The second kappa shape index (κ2) is 6.81. The van der Waals surface area contributed by atoms with E-state index in [9.17, 15) is 4.79 Å². The van der Waals surface area contributed by atoms with Gasteiger partial charge in [-0.15, -0.1) is 11.8 Å². The summed E-state index contributed by atoms with van der Waals surface area (Å²) in [5.41, 5.74) is 2.77. The van der Waals surface area contributed by atoms with Gasteiger partial charge in [-0.1, -0.05) is 0 Å². The molecule has 2 aromatic rings. The minimum absolute atomic E-state index is 0.0291. The number of benzene rings is 1. The van der Waals surface area contributed by atoms with Crippen molar-refractivity contribution in [1.82, 2.24) is 4.57 Å². The predicted octanol–water partition coefficient (Wildman–Crippen LogP) is 3.25. The van der Waals surface area contributed by atoms with E-state index in [0.717, 1.165) is 35.5 Å². The number of hydrogen-bond acceptors (Lipinski definition) is 4. The van der Waals surface area contributed by atoms with Crippen LogP contribution in [0.4, 0.5) is 0 Å². The van der Waals surface area contributed by atoms with Crippen LogP contribution >= 0.6 is 11.8 Å². The van der Waals surface area contributed by atoms with Gasteiger partial charge in [0, 0.05) is 41.3 Å². The number of aromatic nitrogens is 1. The van der Waals surface area contributed by atoms with Crippen LogP contribution in [0.15, 0.2) is 40.2 Å². The van der Waals surface area contributed by atoms with Crippen molar-refractivity contribution in [1.29, 1.82) is 0 Å². The van der Waals surface area contributed by atoms with Crippen molar-refractivity contribution in [2.45, 2.75) is 24.3 Å². The monoisotopic (exact) mass is 331 g/mol. The largest absolute Gasteiger partial charge is 0.487 e. The molecule has 1 aliphatic rings. The van der Waals surface area contributed by atoms with Gasteiger partial charge < -0.3 is 14.0 Å². The van der Waals surface area contributed by atoms with E-state index in [1.807, 2.05) is 25.3 Å². The fourth-order valence-electron chi connectivity index (χ4n) is 2.77. The van der Waals surface area contributed by atoms with Crippen LogP contribution in [-0.4, -0.2) is 30.1 Å². The molecule has 0 N–H and O–H groups in total.